The van der Waals surface area contributed by atoms with Crippen LogP contribution in [0.25, 0.3) is 11.0 Å². The molecule has 5 nitrogen and oxygen atoms in total. The zero-order valence-corrected chi connectivity index (χ0v) is 15.9. The van der Waals surface area contributed by atoms with Crippen LogP contribution in [0.5, 0.6) is 5.75 Å². The Morgan fingerprint density at radius 3 is 2.40 bits per heavy atom. The van der Waals surface area contributed by atoms with E-state index in [-0.39, 0.29) is 10.3 Å². The van der Waals surface area contributed by atoms with Gasteiger partial charge in [-0.3, -0.25) is 0 Å². The van der Waals surface area contributed by atoms with Crippen LogP contribution in [0.2, 0.25) is 0 Å². The highest BCUT2D eigenvalue weighted by Crippen LogP contribution is 2.34. The SMILES string of the molecule is COc1ccc(S(=O)(=O)n2c(C)nc3ccccc32)cc1C(C)(C)C. The highest BCUT2D eigenvalue weighted by atomic mass is 32.2. The van der Waals surface area contributed by atoms with Crippen molar-refractivity contribution in [2.45, 2.75) is 38.0 Å². The van der Waals surface area contributed by atoms with Gasteiger partial charge in [-0.1, -0.05) is 32.9 Å². The highest BCUT2D eigenvalue weighted by Gasteiger charge is 2.26. The van der Waals surface area contributed by atoms with Crippen molar-refractivity contribution in [2.75, 3.05) is 7.11 Å². The number of hydrogen-bond acceptors (Lipinski definition) is 4. The third-order valence-corrected chi connectivity index (χ3v) is 5.99. The normalized spacial score (nSPS) is 12.5. The van der Waals surface area contributed by atoms with Crippen LogP contribution in [-0.2, 0) is 15.4 Å². The number of benzene rings is 2. The molecule has 3 aromatic rings. The average molecular weight is 358 g/mol. The van der Waals surface area contributed by atoms with E-state index in [1.807, 2.05) is 39.0 Å². The number of methoxy groups -OCH3 is 1. The second-order valence-corrected chi connectivity index (χ2v) is 8.82. The second-order valence-electron chi connectivity index (χ2n) is 7.03. The lowest BCUT2D eigenvalue weighted by Gasteiger charge is -2.23. The largest absolute Gasteiger partial charge is 0.496 e. The molecule has 0 fully saturated rings. The molecule has 0 bridgehead atoms. The Labute approximate surface area is 148 Å². The van der Waals surface area contributed by atoms with Gasteiger partial charge in [-0.15, -0.1) is 0 Å². The first kappa shape index (κ1) is 17.5. The number of imidazole rings is 1. The summed E-state index contributed by atoms with van der Waals surface area (Å²) in [5.41, 5.74) is 1.84. The Bertz CT molecular complexity index is 1040. The van der Waals surface area contributed by atoms with E-state index in [1.54, 1.807) is 38.3 Å². The number of rotatable bonds is 3. The van der Waals surface area contributed by atoms with Crippen molar-refractivity contribution in [1.29, 1.82) is 0 Å². The molecule has 3 rings (SSSR count). The van der Waals surface area contributed by atoms with Crippen LogP contribution in [0.4, 0.5) is 0 Å². The topological polar surface area (TPSA) is 61.2 Å². The molecule has 1 heterocycles. The smallest absolute Gasteiger partial charge is 0.269 e. The minimum atomic E-state index is -3.76. The molecule has 0 unspecified atom stereocenters. The van der Waals surface area contributed by atoms with Crippen molar-refractivity contribution < 1.29 is 13.2 Å². The number of para-hydroxylation sites is 2. The fourth-order valence-electron chi connectivity index (χ4n) is 2.97. The number of ether oxygens (including phenoxy) is 1. The van der Waals surface area contributed by atoms with Crippen molar-refractivity contribution in [3.63, 3.8) is 0 Å². The summed E-state index contributed by atoms with van der Waals surface area (Å²) in [5, 5.41) is 0. The monoisotopic (exact) mass is 358 g/mol. The number of aryl methyl sites for hydroxylation is 1. The number of hydrogen-bond donors (Lipinski definition) is 0. The van der Waals surface area contributed by atoms with Gasteiger partial charge in [0.2, 0.25) is 0 Å². The van der Waals surface area contributed by atoms with Crippen LogP contribution in [0.15, 0.2) is 47.4 Å². The molecule has 0 saturated carbocycles. The van der Waals surface area contributed by atoms with Crippen molar-refractivity contribution in [3.05, 3.63) is 53.9 Å². The second kappa shape index (κ2) is 5.88. The van der Waals surface area contributed by atoms with Crippen molar-refractivity contribution >= 4 is 21.1 Å². The zero-order chi connectivity index (χ0) is 18.4. The van der Waals surface area contributed by atoms with Gasteiger partial charge in [-0.25, -0.2) is 17.4 Å². The lowest BCUT2D eigenvalue weighted by Crippen LogP contribution is -2.18. The van der Waals surface area contributed by atoms with E-state index in [2.05, 4.69) is 4.98 Å². The standard InChI is InChI=1S/C19H22N2O3S/c1-13-20-16-8-6-7-9-17(16)21(13)25(22,23)14-10-11-18(24-5)15(12-14)19(2,3)4/h6-12H,1-5H3. The fourth-order valence-corrected chi connectivity index (χ4v) is 4.49. The summed E-state index contributed by atoms with van der Waals surface area (Å²) in [6, 6.07) is 12.2. The number of nitrogens with zero attached hydrogens (tertiary/aromatic N) is 2. The molecule has 0 saturated heterocycles. The molecule has 132 valence electrons. The van der Waals surface area contributed by atoms with Crippen molar-refractivity contribution in [1.82, 2.24) is 8.96 Å². The van der Waals surface area contributed by atoms with E-state index in [4.69, 9.17) is 4.74 Å². The highest BCUT2D eigenvalue weighted by molar-refractivity contribution is 7.90. The van der Waals surface area contributed by atoms with Gasteiger partial charge in [-0.05, 0) is 42.7 Å². The quantitative estimate of drug-likeness (QED) is 0.713. The number of fused-ring (bicyclic) bond motifs is 1. The Morgan fingerprint density at radius 2 is 1.76 bits per heavy atom. The first-order valence-electron chi connectivity index (χ1n) is 8.04. The molecule has 2 aromatic carbocycles. The number of aromatic nitrogens is 2. The van der Waals surface area contributed by atoms with Gasteiger partial charge < -0.3 is 4.74 Å². The third-order valence-electron chi connectivity index (χ3n) is 4.19. The summed E-state index contributed by atoms with van der Waals surface area (Å²) in [6.07, 6.45) is 0. The predicted molar refractivity (Wildman–Crippen MR) is 98.7 cm³/mol. The van der Waals surface area contributed by atoms with Gasteiger partial charge in [-0.2, -0.15) is 0 Å². The van der Waals surface area contributed by atoms with Crippen LogP contribution >= 0.6 is 0 Å². The average Bonchev–Trinajstić information content (AvgIpc) is 2.89. The van der Waals surface area contributed by atoms with E-state index in [9.17, 15) is 8.42 Å². The first-order chi connectivity index (χ1) is 11.7. The third kappa shape index (κ3) is 2.91. The Hall–Kier alpha value is -2.34. The lowest BCUT2D eigenvalue weighted by molar-refractivity contribution is 0.397. The molecule has 25 heavy (non-hydrogen) atoms. The fraction of sp³-hybridized carbons (Fsp3) is 0.316. The van der Waals surface area contributed by atoms with E-state index >= 15 is 0 Å². The van der Waals surface area contributed by atoms with Gasteiger partial charge in [0.15, 0.2) is 0 Å². The molecule has 0 aliphatic carbocycles. The van der Waals surface area contributed by atoms with E-state index in [0.29, 0.717) is 22.6 Å². The summed E-state index contributed by atoms with van der Waals surface area (Å²) in [5.74, 6) is 1.12. The van der Waals surface area contributed by atoms with E-state index < -0.39 is 10.0 Å². The minimum Gasteiger partial charge on any atom is -0.496 e. The predicted octanol–water partition coefficient (Wildman–Crippen LogP) is 3.89. The van der Waals surface area contributed by atoms with Gasteiger partial charge in [0.1, 0.15) is 11.6 Å². The molecule has 0 N–H and O–H groups in total. The molecule has 0 spiro atoms. The summed E-state index contributed by atoms with van der Waals surface area (Å²) in [7, 11) is -2.17. The molecule has 0 amide bonds. The van der Waals surface area contributed by atoms with Crippen LogP contribution in [0.1, 0.15) is 32.2 Å². The molecular formula is C19H22N2O3S. The summed E-state index contributed by atoms with van der Waals surface area (Å²) >= 11 is 0. The Morgan fingerprint density at radius 1 is 1.08 bits per heavy atom. The molecule has 0 radical (unpaired) electrons. The van der Waals surface area contributed by atoms with Gasteiger partial charge in [0.25, 0.3) is 10.0 Å². The lowest BCUT2D eigenvalue weighted by atomic mass is 9.86. The summed E-state index contributed by atoms with van der Waals surface area (Å²) in [4.78, 5) is 4.60. The molecule has 0 aliphatic heterocycles. The molecule has 1 aromatic heterocycles. The van der Waals surface area contributed by atoms with Crippen LogP contribution in [0.3, 0.4) is 0 Å². The van der Waals surface area contributed by atoms with Crippen LogP contribution < -0.4 is 4.74 Å². The van der Waals surface area contributed by atoms with Crippen molar-refractivity contribution in [2.24, 2.45) is 0 Å². The van der Waals surface area contributed by atoms with E-state index in [0.717, 1.165) is 5.56 Å². The molecule has 0 aliphatic rings. The van der Waals surface area contributed by atoms with Crippen LogP contribution in [-0.4, -0.2) is 24.5 Å². The maximum absolute atomic E-state index is 13.3. The Kier molecular flexibility index (Phi) is 4.11. The molecule has 6 heteroatoms. The summed E-state index contributed by atoms with van der Waals surface area (Å²) in [6.45, 7) is 7.78. The molecular weight excluding hydrogens is 336 g/mol. The maximum Gasteiger partial charge on any atom is 0.269 e. The summed E-state index contributed by atoms with van der Waals surface area (Å²) < 4.78 is 33.3. The van der Waals surface area contributed by atoms with Crippen molar-refractivity contribution in [3.8, 4) is 5.75 Å². The zero-order valence-electron chi connectivity index (χ0n) is 15.1. The molecule has 0 atom stereocenters. The van der Waals surface area contributed by atoms with Crippen LogP contribution in [0, 0.1) is 6.92 Å². The first-order valence-corrected chi connectivity index (χ1v) is 9.48. The van der Waals surface area contributed by atoms with E-state index in [1.165, 1.54) is 3.97 Å². The Balaban J connectivity index is 2.26. The maximum atomic E-state index is 13.3. The van der Waals surface area contributed by atoms with Gasteiger partial charge >= 0.3 is 0 Å². The minimum absolute atomic E-state index is 0.226. The van der Waals surface area contributed by atoms with Gasteiger partial charge in [0, 0.05) is 5.56 Å². The van der Waals surface area contributed by atoms with Gasteiger partial charge in [0.05, 0.1) is 23.0 Å².